The molecule has 23 heavy (non-hydrogen) atoms. The van der Waals surface area contributed by atoms with E-state index in [0.717, 1.165) is 5.56 Å². The Balaban J connectivity index is 2.10. The molecule has 0 aliphatic carbocycles. The van der Waals surface area contributed by atoms with Gasteiger partial charge in [0.1, 0.15) is 0 Å². The van der Waals surface area contributed by atoms with Crippen molar-refractivity contribution in [2.45, 2.75) is 18.2 Å². The van der Waals surface area contributed by atoms with Crippen LogP contribution in [0.5, 0.6) is 5.75 Å². The largest absolute Gasteiger partial charge is 0.494 e. The fourth-order valence-corrected chi connectivity index (χ4v) is 3.45. The summed E-state index contributed by atoms with van der Waals surface area (Å²) in [5.74, 6) is -0.655. The summed E-state index contributed by atoms with van der Waals surface area (Å²) in [6.07, 6.45) is 0.511. The van der Waals surface area contributed by atoms with Crippen molar-refractivity contribution in [2.75, 3.05) is 19.4 Å². The van der Waals surface area contributed by atoms with E-state index in [1.54, 1.807) is 12.1 Å². The number of halogens is 1. The van der Waals surface area contributed by atoms with Gasteiger partial charge < -0.3 is 10.5 Å². The molecule has 0 heterocycles. The van der Waals surface area contributed by atoms with Gasteiger partial charge in [-0.1, -0.05) is 12.1 Å². The lowest BCUT2D eigenvalue weighted by Crippen LogP contribution is -2.27. The Morgan fingerprint density at radius 1 is 1.17 bits per heavy atom. The van der Waals surface area contributed by atoms with Crippen molar-refractivity contribution in [3.63, 3.8) is 0 Å². The maximum absolute atomic E-state index is 14.0. The molecule has 3 N–H and O–H groups in total. The zero-order chi connectivity index (χ0) is 17.0. The molecule has 0 aromatic heterocycles. The monoisotopic (exact) mass is 338 g/mol. The van der Waals surface area contributed by atoms with E-state index in [9.17, 15) is 12.8 Å². The van der Waals surface area contributed by atoms with Gasteiger partial charge in [0.2, 0.25) is 10.0 Å². The molecule has 0 saturated heterocycles. The highest BCUT2D eigenvalue weighted by molar-refractivity contribution is 7.89. The molecule has 0 atom stereocenters. The molecule has 0 saturated carbocycles. The normalized spacial score (nSPS) is 11.4. The topological polar surface area (TPSA) is 81.4 Å². The van der Waals surface area contributed by atoms with Gasteiger partial charge in [-0.2, -0.15) is 0 Å². The van der Waals surface area contributed by atoms with Gasteiger partial charge >= 0.3 is 0 Å². The number of rotatable bonds is 6. The van der Waals surface area contributed by atoms with Crippen LogP contribution in [0.3, 0.4) is 0 Å². The number of sulfonamides is 1. The Morgan fingerprint density at radius 2 is 1.83 bits per heavy atom. The quantitative estimate of drug-likeness (QED) is 0.792. The molecule has 0 aliphatic rings. The van der Waals surface area contributed by atoms with Crippen LogP contribution >= 0.6 is 0 Å². The number of benzene rings is 2. The van der Waals surface area contributed by atoms with Crippen LogP contribution in [-0.2, 0) is 16.4 Å². The fourth-order valence-electron chi connectivity index (χ4n) is 2.18. The predicted octanol–water partition coefficient (Wildman–Crippen LogP) is 2.25. The summed E-state index contributed by atoms with van der Waals surface area (Å²) < 4.78 is 45.9. The molecular formula is C16H19FN2O3S. The first-order valence-electron chi connectivity index (χ1n) is 7.02. The molecule has 2 rings (SSSR count). The van der Waals surface area contributed by atoms with Crippen molar-refractivity contribution < 1.29 is 17.5 Å². The minimum absolute atomic E-state index is 0.0170. The van der Waals surface area contributed by atoms with Gasteiger partial charge in [-0.05, 0) is 43.2 Å². The second-order valence-corrected chi connectivity index (χ2v) is 6.83. The van der Waals surface area contributed by atoms with E-state index in [1.165, 1.54) is 26.2 Å². The van der Waals surface area contributed by atoms with Crippen LogP contribution in [0.4, 0.5) is 10.1 Å². The highest BCUT2D eigenvalue weighted by atomic mass is 32.2. The van der Waals surface area contributed by atoms with Crippen molar-refractivity contribution >= 4 is 15.7 Å². The highest BCUT2D eigenvalue weighted by Gasteiger charge is 2.20. The molecule has 0 amide bonds. The summed E-state index contributed by atoms with van der Waals surface area (Å²) in [7, 11) is -2.46. The Kier molecular flexibility index (Phi) is 5.23. The van der Waals surface area contributed by atoms with Gasteiger partial charge in [0.25, 0.3) is 0 Å². The lowest BCUT2D eigenvalue weighted by atomic mass is 10.1. The Morgan fingerprint density at radius 3 is 2.43 bits per heavy atom. The Bertz CT molecular complexity index is 790. The molecule has 0 spiro atoms. The molecule has 5 nitrogen and oxygen atoms in total. The van der Waals surface area contributed by atoms with Crippen LogP contribution in [-0.4, -0.2) is 22.1 Å². The van der Waals surface area contributed by atoms with E-state index in [-0.39, 0.29) is 22.8 Å². The number of nitrogen functional groups attached to an aromatic ring is 1. The van der Waals surface area contributed by atoms with Gasteiger partial charge in [-0.3, -0.25) is 0 Å². The molecule has 0 aliphatic heterocycles. The minimum Gasteiger partial charge on any atom is -0.494 e. The van der Waals surface area contributed by atoms with Crippen molar-refractivity contribution in [3.8, 4) is 5.75 Å². The fraction of sp³-hybridized carbons (Fsp3) is 0.250. The summed E-state index contributed by atoms with van der Waals surface area (Å²) in [5, 5.41) is 0. The zero-order valence-corrected chi connectivity index (χ0v) is 13.8. The SMILES string of the molecule is COc1ccc(S(=O)(=O)NCCc2ccc(N)cc2)c(C)c1F. The number of nitrogens with two attached hydrogens (primary N) is 1. The molecule has 0 bridgehead atoms. The Labute approximate surface area is 135 Å². The second kappa shape index (κ2) is 6.97. The maximum atomic E-state index is 14.0. The molecule has 124 valence electrons. The van der Waals surface area contributed by atoms with Crippen LogP contribution in [0.1, 0.15) is 11.1 Å². The van der Waals surface area contributed by atoms with E-state index in [0.29, 0.717) is 12.1 Å². The van der Waals surface area contributed by atoms with Crippen LogP contribution in [0.2, 0.25) is 0 Å². The van der Waals surface area contributed by atoms with Crippen molar-refractivity contribution in [2.24, 2.45) is 0 Å². The van der Waals surface area contributed by atoms with Crippen LogP contribution in [0, 0.1) is 12.7 Å². The summed E-state index contributed by atoms with van der Waals surface area (Å²) in [4.78, 5) is -0.0897. The lowest BCUT2D eigenvalue weighted by Gasteiger charge is -2.12. The van der Waals surface area contributed by atoms with Crippen LogP contribution in [0.25, 0.3) is 0 Å². The average molecular weight is 338 g/mol. The number of nitrogens with one attached hydrogen (secondary N) is 1. The van der Waals surface area contributed by atoms with E-state index in [2.05, 4.69) is 4.72 Å². The van der Waals surface area contributed by atoms with Gasteiger partial charge in [-0.25, -0.2) is 17.5 Å². The third-order valence-electron chi connectivity index (χ3n) is 3.50. The van der Waals surface area contributed by atoms with Crippen molar-refractivity contribution in [3.05, 3.63) is 53.3 Å². The number of methoxy groups -OCH3 is 1. The smallest absolute Gasteiger partial charge is 0.240 e. The maximum Gasteiger partial charge on any atom is 0.240 e. The number of hydrogen-bond donors (Lipinski definition) is 2. The molecule has 0 unspecified atom stereocenters. The standard InChI is InChI=1S/C16H19FN2O3S/c1-11-15(8-7-14(22-2)16(11)17)23(20,21)19-10-9-12-3-5-13(18)6-4-12/h3-8,19H,9-10,18H2,1-2H3. The minimum atomic E-state index is -3.79. The molecular weight excluding hydrogens is 319 g/mol. The predicted molar refractivity (Wildman–Crippen MR) is 87.4 cm³/mol. The van der Waals surface area contributed by atoms with E-state index in [1.807, 2.05) is 12.1 Å². The number of hydrogen-bond acceptors (Lipinski definition) is 4. The third kappa shape index (κ3) is 4.00. The molecule has 2 aromatic carbocycles. The van der Waals surface area contributed by atoms with Gasteiger partial charge in [-0.15, -0.1) is 0 Å². The summed E-state index contributed by atoms with van der Waals surface area (Å²) in [5.41, 5.74) is 7.24. The first-order chi connectivity index (χ1) is 10.8. The zero-order valence-electron chi connectivity index (χ0n) is 13.0. The van der Waals surface area contributed by atoms with E-state index < -0.39 is 15.8 Å². The van der Waals surface area contributed by atoms with Crippen molar-refractivity contribution in [1.82, 2.24) is 4.72 Å². The second-order valence-electron chi connectivity index (χ2n) is 5.09. The van der Waals surface area contributed by atoms with Crippen molar-refractivity contribution in [1.29, 1.82) is 0 Å². The molecule has 7 heteroatoms. The summed E-state index contributed by atoms with van der Waals surface area (Å²) >= 11 is 0. The van der Waals surface area contributed by atoms with Gasteiger partial charge in [0.15, 0.2) is 11.6 Å². The highest BCUT2D eigenvalue weighted by Crippen LogP contribution is 2.25. The number of anilines is 1. The molecule has 0 radical (unpaired) electrons. The first-order valence-corrected chi connectivity index (χ1v) is 8.50. The summed E-state index contributed by atoms with van der Waals surface area (Å²) in [6.45, 7) is 1.62. The summed E-state index contributed by atoms with van der Waals surface area (Å²) in [6, 6.07) is 9.82. The third-order valence-corrected chi connectivity index (χ3v) is 5.10. The van der Waals surface area contributed by atoms with Crippen LogP contribution in [0.15, 0.2) is 41.3 Å². The average Bonchev–Trinajstić information content (AvgIpc) is 2.51. The van der Waals surface area contributed by atoms with E-state index >= 15 is 0 Å². The van der Waals surface area contributed by atoms with Crippen LogP contribution < -0.4 is 15.2 Å². The van der Waals surface area contributed by atoms with E-state index in [4.69, 9.17) is 10.5 Å². The molecule has 2 aromatic rings. The lowest BCUT2D eigenvalue weighted by molar-refractivity contribution is 0.384. The van der Waals surface area contributed by atoms with Gasteiger partial charge in [0.05, 0.1) is 12.0 Å². The Hall–Kier alpha value is -2.12. The molecule has 0 fully saturated rings. The number of ether oxygens (including phenoxy) is 1. The first kappa shape index (κ1) is 17.2. The van der Waals surface area contributed by atoms with Gasteiger partial charge in [0, 0.05) is 17.8 Å².